The van der Waals surface area contributed by atoms with E-state index < -0.39 is 29.2 Å². The van der Waals surface area contributed by atoms with Crippen LogP contribution in [0.3, 0.4) is 0 Å². The summed E-state index contributed by atoms with van der Waals surface area (Å²) in [6, 6.07) is 10.8. The molecule has 1 fully saturated rings. The van der Waals surface area contributed by atoms with Crippen molar-refractivity contribution in [1.29, 1.82) is 0 Å². The number of ether oxygens (including phenoxy) is 1. The van der Waals surface area contributed by atoms with Crippen molar-refractivity contribution in [2.75, 3.05) is 13.1 Å². The molecule has 1 saturated heterocycles. The number of rotatable bonds is 4. The van der Waals surface area contributed by atoms with E-state index in [0.717, 1.165) is 29.1 Å². The topological polar surface area (TPSA) is 47.4 Å². The van der Waals surface area contributed by atoms with Crippen LogP contribution in [-0.2, 0) is 6.18 Å². The number of alkyl halides is 3. The van der Waals surface area contributed by atoms with Crippen LogP contribution >= 0.6 is 0 Å². The van der Waals surface area contributed by atoms with Gasteiger partial charge in [0, 0.05) is 25.9 Å². The molecule has 0 radical (unpaired) electrons. The SMILES string of the molecule is Cc1ccc(OC2CCN(C(=O)c3cnn(-c4ccccc4F)c3C(F)(F)F)CC2)cc1C. The van der Waals surface area contributed by atoms with Crippen LogP contribution in [0.15, 0.2) is 48.7 Å². The van der Waals surface area contributed by atoms with E-state index in [1.165, 1.54) is 23.1 Å². The normalized spacial score (nSPS) is 15.0. The van der Waals surface area contributed by atoms with E-state index >= 15 is 0 Å². The molecule has 5 nitrogen and oxygen atoms in total. The van der Waals surface area contributed by atoms with E-state index in [1.807, 2.05) is 32.0 Å². The molecule has 33 heavy (non-hydrogen) atoms. The zero-order valence-electron chi connectivity index (χ0n) is 18.2. The van der Waals surface area contributed by atoms with Crippen molar-refractivity contribution >= 4 is 5.91 Å². The van der Waals surface area contributed by atoms with Gasteiger partial charge in [0.05, 0.1) is 11.8 Å². The van der Waals surface area contributed by atoms with Crippen LogP contribution in [0.5, 0.6) is 5.75 Å². The summed E-state index contributed by atoms with van der Waals surface area (Å²) in [4.78, 5) is 14.3. The smallest absolute Gasteiger partial charge is 0.434 e. The molecule has 0 aliphatic carbocycles. The highest BCUT2D eigenvalue weighted by atomic mass is 19.4. The van der Waals surface area contributed by atoms with Crippen LogP contribution in [0.1, 0.15) is 40.0 Å². The maximum atomic E-state index is 14.1. The lowest BCUT2D eigenvalue weighted by atomic mass is 10.1. The van der Waals surface area contributed by atoms with Crippen molar-refractivity contribution in [2.45, 2.75) is 39.0 Å². The van der Waals surface area contributed by atoms with Gasteiger partial charge in [-0.1, -0.05) is 18.2 Å². The molecule has 3 aromatic rings. The van der Waals surface area contributed by atoms with E-state index in [2.05, 4.69) is 5.10 Å². The quantitative estimate of drug-likeness (QED) is 0.494. The largest absolute Gasteiger partial charge is 0.490 e. The number of amides is 1. The Kier molecular flexibility index (Phi) is 6.14. The average Bonchev–Trinajstić information content (AvgIpc) is 3.22. The van der Waals surface area contributed by atoms with Crippen LogP contribution in [0.4, 0.5) is 17.6 Å². The van der Waals surface area contributed by atoms with Gasteiger partial charge in [-0.05, 0) is 49.2 Å². The molecule has 4 rings (SSSR count). The molecular weight excluding hydrogens is 438 g/mol. The number of hydrogen-bond acceptors (Lipinski definition) is 3. The lowest BCUT2D eigenvalue weighted by molar-refractivity contribution is -0.143. The zero-order valence-corrected chi connectivity index (χ0v) is 18.2. The summed E-state index contributed by atoms with van der Waals surface area (Å²) in [7, 11) is 0. The Bertz CT molecular complexity index is 1160. The molecule has 9 heteroatoms. The second-order valence-corrected chi connectivity index (χ2v) is 8.12. The van der Waals surface area contributed by atoms with Gasteiger partial charge in [0.2, 0.25) is 0 Å². The summed E-state index contributed by atoms with van der Waals surface area (Å²) in [6.07, 6.45) is -3.20. The molecule has 174 valence electrons. The van der Waals surface area contributed by atoms with Gasteiger partial charge in [-0.25, -0.2) is 9.07 Å². The number of nitrogens with zero attached hydrogens (tertiary/aromatic N) is 3. The fourth-order valence-corrected chi connectivity index (χ4v) is 3.91. The van der Waals surface area contributed by atoms with Crippen LogP contribution in [-0.4, -0.2) is 39.8 Å². The van der Waals surface area contributed by atoms with Gasteiger partial charge in [0.1, 0.15) is 23.4 Å². The molecule has 0 saturated carbocycles. The number of aryl methyl sites for hydroxylation is 2. The molecule has 1 aromatic heterocycles. The average molecular weight is 461 g/mol. The maximum Gasteiger partial charge on any atom is 0.434 e. The lowest BCUT2D eigenvalue weighted by Crippen LogP contribution is -2.42. The molecule has 2 heterocycles. The van der Waals surface area contributed by atoms with Gasteiger partial charge >= 0.3 is 6.18 Å². The zero-order chi connectivity index (χ0) is 23.8. The monoisotopic (exact) mass is 461 g/mol. The molecule has 2 aromatic carbocycles. The minimum atomic E-state index is -4.89. The molecule has 0 atom stereocenters. The Hall–Kier alpha value is -3.36. The molecule has 1 amide bonds. The standard InChI is InChI=1S/C24H23F4N3O2/c1-15-7-8-18(13-16(15)2)33-17-9-11-30(12-10-17)23(32)19-14-29-31(22(19)24(26,27)28)21-6-4-3-5-20(21)25/h3-8,13-14,17H,9-12H2,1-2H3. The highest BCUT2D eigenvalue weighted by Gasteiger charge is 2.42. The number of carbonyl (C=O) groups excluding carboxylic acids is 1. The predicted molar refractivity (Wildman–Crippen MR) is 114 cm³/mol. The number of benzene rings is 2. The van der Waals surface area contributed by atoms with Crippen molar-refractivity contribution in [1.82, 2.24) is 14.7 Å². The first-order valence-electron chi connectivity index (χ1n) is 10.6. The van der Waals surface area contributed by atoms with Gasteiger partial charge in [-0.3, -0.25) is 4.79 Å². The Morgan fingerprint density at radius 2 is 1.76 bits per heavy atom. The van der Waals surface area contributed by atoms with Crippen molar-refractivity contribution in [3.05, 3.63) is 76.9 Å². The fraction of sp³-hybridized carbons (Fsp3) is 0.333. The van der Waals surface area contributed by atoms with Gasteiger partial charge in [-0.2, -0.15) is 18.3 Å². The Morgan fingerprint density at radius 3 is 2.39 bits per heavy atom. The summed E-state index contributed by atoms with van der Waals surface area (Å²) in [5.41, 5.74) is 0.000540. The predicted octanol–water partition coefficient (Wildman–Crippen LogP) is 5.33. The molecular formula is C24H23F4N3O2. The third kappa shape index (κ3) is 4.72. The van der Waals surface area contributed by atoms with E-state index in [9.17, 15) is 22.4 Å². The van der Waals surface area contributed by atoms with Crippen LogP contribution in [0, 0.1) is 19.7 Å². The van der Waals surface area contributed by atoms with Crippen molar-refractivity contribution in [3.63, 3.8) is 0 Å². The number of para-hydroxylation sites is 1. The van der Waals surface area contributed by atoms with Gasteiger partial charge in [0.25, 0.3) is 5.91 Å². The highest BCUT2D eigenvalue weighted by molar-refractivity contribution is 5.95. The number of likely N-dealkylation sites (tertiary alicyclic amines) is 1. The van der Waals surface area contributed by atoms with E-state index in [1.54, 1.807) is 0 Å². The Balaban J connectivity index is 1.51. The Morgan fingerprint density at radius 1 is 1.06 bits per heavy atom. The molecule has 0 unspecified atom stereocenters. The lowest BCUT2D eigenvalue weighted by Gasteiger charge is -2.32. The number of aromatic nitrogens is 2. The summed E-state index contributed by atoms with van der Waals surface area (Å²) < 4.78 is 62.2. The summed E-state index contributed by atoms with van der Waals surface area (Å²) in [5, 5.41) is 3.70. The first-order valence-corrected chi connectivity index (χ1v) is 10.6. The highest BCUT2D eigenvalue weighted by Crippen LogP contribution is 2.35. The van der Waals surface area contributed by atoms with Gasteiger partial charge < -0.3 is 9.64 Å². The molecule has 0 spiro atoms. The van der Waals surface area contributed by atoms with E-state index in [0.29, 0.717) is 17.5 Å². The minimum absolute atomic E-state index is 0.139. The number of hydrogen-bond donors (Lipinski definition) is 0. The molecule has 0 N–H and O–H groups in total. The number of halogens is 4. The number of carbonyl (C=O) groups is 1. The molecule has 1 aliphatic rings. The maximum absolute atomic E-state index is 14.1. The summed E-state index contributed by atoms with van der Waals surface area (Å²) in [6.45, 7) is 4.49. The summed E-state index contributed by atoms with van der Waals surface area (Å²) in [5.74, 6) is -0.919. The first-order chi connectivity index (χ1) is 15.6. The van der Waals surface area contributed by atoms with Gasteiger partial charge in [0.15, 0.2) is 5.69 Å². The fourth-order valence-electron chi connectivity index (χ4n) is 3.91. The third-order valence-corrected chi connectivity index (χ3v) is 5.86. The van der Waals surface area contributed by atoms with Crippen molar-refractivity contribution < 1.29 is 27.1 Å². The van der Waals surface area contributed by atoms with Gasteiger partial charge in [-0.15, -0.1) is 0 Å². The Labute approximate surface area is 188 Å². The van der Waals surface area contributed by atoms with E-state index in [-0.39, 0.29) is 24.9 Å². The molecule has 1 aliphatic heterocycles. The van der Waals surface area contributed by atoms with Crippen LogP contribution in [0.25, 0.3) is 5.69 Å². The minimum Gasteiger partial charge on any atom is -0.490 e. The summed E-state index contributed by atoms with van der Waals surface area (Å²) >= 11 is 0. The number of piperidine rings is 1. The van der Waals surface area contributed by atoms with E-state index in [4.69, 9.17) is 4.74 Å². The first kappa shape index (κ1) is 22.8. The second-order valence-electron chi connectivity index (χ2n) is 8.12. The van der Waals surface area contributed by atoms with Crippen LogP contribution in [0.2, 0.25) is 0 Å². The molecule has 0 bridgehead atoms. The second kappa shape index (κ2) is 8.88. The van der Waals surface area contributed by atoms with Crippen molar-refractivity contribution in [3.8, 4) is 11.4 Å². The third-order valence-electron chi connectivity index (χ3n) is 5.86. The van der Waals surface area contributed by atoms with Crippen molar-refractivity contribution in [2.24, 2.45) is 0 Å². The van der Waals surface area contributed by atoms with Crippen LogP contribution < -0.4 is 4.74 Å².